The Morgan fingerprint density at radius 3 is 2.33 bits per heavy atom. The third-order valence-corrected chi connectivity index (χ3v) is 3.13. The SMILES string of the molecule is CC1CC(CN)(C(=O)NCC(C)(C)C)C1. The Kier molecular flexibility index (Phi) is 3.44. The van der Waals surface area contributed by atoms with Crippen molar-refractivity contribution >= 4 is 5.91 Å². The number of hydrogen-bond acceptors (Lipinski definition) is 2. The second kappa shape index (κ2) is 4.12. The normalized spacial score (nSPS) is 30.9. The number of carbonyl (C=O) groups excluding carboxylic acids is 1. The number of nitrogens with one attached hydrogen (secondary N) is 1. The number of nitrogens with two attached hydrogens (primary N) is 1. The van der Waals surface area contributed by atoms with Crippen molar-refractivity contribution in [3.63, 3.8) is 0 Å². The summed E-state index contributed by atoms with van der Waals surface area (Å²) in [4.78, 5) is 12.0. The maximum Gasteiger partial charge on any atom is 0.227 e. The smallest absolute Gasteiger partial charge is 0.227 e. The van der Waals surface area contributed by atoms with Crippen molar-refractivity contribution in [1.29, 1.82) is 0 Å². The molecule has 88 valence electrons. The molecule has 1 saturated carbocycles. The van der Waals surface area contributed by atoms with Crippen LogP contribution in [0, 0.1) is 16.7 Å². The molecule has 0 atom stereocenters. The minimum atomic E-state index is -0.259. The standard InChI is InChI=1S/C12H24N2O/c1-9-5-12(6-9,7-13)10(15)14-8-11(2,3)4/h9H,5-8,13H2,1-4H3,(H,14,15). The summed E-state index contributed by atoms with van der Waals surface area (Å²) >= 11 is 0. The highest BCUT2D eigenvalue weighted by Gasteiger charge is 2.47. The van der Waals surface area contributed by atoms with Gasteiger partial charge in [0.05, 0.1) is 5.41 Å². The molecule has 3 heteroatoms. The van der Waals surface area contributed by atoms with Crippen molar-refractivity contribution in [3.05, 3.63) is 0 Å². The summed E-state index contributed by atoms with van der Waals surface area (Å²) in [5, 5.41) is 3.02. The van der Waals surface area contributed by atoms with E-state index in [2.05, 4.69) is 33.0 Å². The quantitative estimate of drug-likeness (QED) is 0.745. The minimum Gasteiger partial charge on any atom is -0.355 e. The Morgan fingerprint density at radius 2 is 2.00 bits per heavy atom. The van der Waals surface area contributed by atoms with Gasteiger partial charge in [0.1, 0.15) is 0 Å². The second-order valence-corrected chi connectivity index (χ2v) is 6.24. The average Bonchev–Trinajstić information content (AvgIpc) is 2.07. The Hall–Kier alpha value is -0.570. The van der Waals surface area contributed by atoms with E-state index in [-0.39, 0.29) is 16.7 Å². The Bertz CT molecular complexity index is 236. The first-order valence-electron chi connectivity index (χ1n) is 5.77. The van der Waals surface area contributed by atoms with E-state index in [9.17, 15) is 4.79 Å². The zero-order valence-corrected chi connectivity index (χ0v) is 10.4. The van der Waals surface area contributed by atoms with Crippen LogP contribution in [-0.2, 0) is 4.79 Å². The number of carbonyl (C=O) groups is 1. The molecule has 1 aliphatic carbocycles. The van der Waals surface area contributed by atoms with Gasteiger partial charge in [-0.2, -0.15) is 0 Å². The van der Waals surface area contributed by atoms with E-state index < -0.39 is 0 Å². The lowest BCUT2D eigenvalue weighted by atomic mass is 9.62. The highest BCUT2D eigenvalue weighted by Crippen LogP contribution is 2.44. The Morgan fingerprint density at radius 1 is 1.47 bits per heavy atom. The van der Waals surface area contributed by atoms with Crippen LogP contribution in [0.15, 0.2) is 0 Å². The van der Waals surface area contributed by atoms with Gasteiger partial charge in [0.15, 0.2) is 0 Å². The molecule has 0 bridgehead atoms. The molecule has 15 heavy (non-hydrogen) atoms. The first-order chi connectivity index (χ1) is 6.79. The van der Waals surface area contributed by atoms with Gasteiger partial charge in [-0.05, 0) is 24.2 Å². The third-order valence-electron chi connectivity index (χ3n) is 3.13. The van der Waals surface area contributed by atoms with Crippen molar-refractivity contribution in [1.82, 2.24) is 5.32 Å². The zero-order valence-electron chi connectivity index (χ0n) is 10.4. The van der Waals surface area contributed by atoms with Gasteiger partial charge in [-0.1, -0.05) is 27.7 Å². The molecule has 1 fully saturated rings. The first kappa shape index (κ1) is 12.5. The van der Waals surface area contributed by atoms with E-state index in [1.165, 1.54) is 0 Å². The lowest BCUT2D eigenvalue weighted by Gasteiger charge is -2.44. The number of hydrogen-bond donors (Lipinski definition) is 2. The van der Waals surface area contributed by atoms with Crippen molar-refractivity contribution in [2.75, 3.05) is 13.1 Å². The largest absolute Gasteiger partial charge is 0.355 e. The Labute approximate surface area is 92.8 Å². The van der Waals surface area contributed by atoms with Gasteiger partial charge in [0.25, 0.3) is 0 Å². The molecular weight excluding hydrogens is 188 g/mol. The van der Waals surface area contributed by atoms with Crippen molar-refractivity contribution in [2.24, 2.45) is 22.5 Å². The summed E-state index contributed by atoms with van der Waals surface area (Å²) in [6.07, 6.45) is 1.89. The molecule has 3 N–H and O–H groups in total. The molecule has 0 aromatic heterocycles. The van der Waals surface area contributed by atoms with E-state index in [4.69, 9.17) is 5.73 Å². The van der Waals surface area contributed by atoms with Gasteiger partial charge in [0.2, 0.25) is 5.91 Å². The third kappa shape index (κ3) is 2.94. The van der Waals surface area contributed by atoms with Crippen LogP contribution in [0.2, 0.25) is 0 Å². The summed E-state index contributed by atoms with van der Waals surface area (Å²) < 4.78 is 0. The first-order valence-corrected chi connectivity index (χ1v) is 5.77. The highest BCUT2D eigenvalue weighted by molar-refractivity contribution is 5.84. The van der Waals surface area contributed by atoms with E-state index in [1.807, 2.05) is 0 Å². The van der Waals surface area contributed by atoms with Crippen LogP contribution in [0.4, 0.5) is 0 Å². The van der Waals surface area contributed by atoms with Crippen LogP contribution in [-0.4, -0.2) is 19.0 Å². The van der Waals surface area contributed by atoms with E-state index >= 15 is 0 Å². The van der Waals surface area contributed by atoms with Gasteiger partial charge in [0, 0.05) is 13.1 Å². The predicted octanol–water partition coefficient (Wildman–Crippen LogP) is 1.52. The summed E-state index contributed by atoms with van der Waals surface area (Å²) in [5.74, 6) is 0.798. The van der Waals surface area contributed by atoms with E-state index in [0.29, 0.717) is 12.5 Å². The van der Waals surface area contributed by atoms with Crippen molar-refractivity contribution < 1.29 is 4.79 Å². The van der Waals surface area contributed by atoms with Crippen LogP contribution in [0.25, 0.3) is 0 Å². The molecule has 0 radical (unpaired) electrons. The van der Waals surface area contributed by atoms with E-state index in [0.717, 1.165) is 19.4 Å². The lowest BCUT2D eigenvalue weighted by Crippen LogP contribution is -2.54. The molecule has 0 aromatic rings. The molecule has 0 aromatic carbocycles. The maximum absolute atomic E-state index is 12.0. The average molecular weight is 212 g/mol. The summed E-state index contributed by atoms with van der Waals surface area (Å²) in [6, 6.07) is 0. The summed E-state index contributed by atoms with van der Waals surface area (Å²) in [7, 11) is 0. The van der Waals surface area contributed by atoms with Gasteiger partial charge in [-0.3, -0.25) is 4.79 Å². The fraction of sp³-hybridized carbons (Fsp3) is 0.917. The van der Waals surface area contributed by atoms with E-state index in [1.54, 1.807) is 0 Å². The molecule has 0 heterocycles. The fourth-order valence-electron chi connectivity index (χ4n) is 2.25. The molecular formula is C12H24N2O. The van der Waals surface area contributed by atoms with Gasteiger partial charge in [-0.15, -0.1) is 0 Å². The van der Waals surface area contributed by atoms with Gasteiger partial charge >= 0.3 is 0 Å². The van der Waals surface area contributed by atoms with Crippen molar-refractivity contribution in [3.8, 4) is 0 Å². The molecule has 0 saturated heterocycles. The van der Waals surface area contributed by atoms with Crippen LogP contribution in [0.5, 0.6) is 0 Å². The molecule has 1 amide bonds. The summed E-state index contributed by atoms with van der Waals surface area (Å²) in [6.45, 7) is 9.73. The van der Waals surface area contributed by atoms with Gasteiger partial charge in [-0.25, -0.2) is 0 Å². The summed E-state index contributed by atoms with van der Waals surface area (Å²) in [5.41, 5.74) is 5.59. The van der Waals surface area contributed by atoms with Crippen molar-refractivity contribution in [2.45, 2.75) is 40.5 Å². The monoisotopic (exact) mass is 212 g/mol. The molecule has 1 rings (SSSR count). The molecule has 0 aliphatic heterocycles. The zero-order chi connectivity index (χ0) is 11.7. The van der Waals surface area contributed by atoms with Crippen LogP contribution >= 0.6 is 0 Å². The molecule has 3 nitrogen and oxygen atoms in total. The molecule has 1 aliphatic rings. The Balaban J connectivity index is 2.46. The molecule has 0 spiro atoms. The number of rotatable bonds is 3. The molecule has 0 unspecified atom stereocenters. The highest BCUT2D eigenvalue weighted by atomic mass is 16.2. The van der Waals surface area contributed by atoms with Crippen LogP contribution in [0.3, 0.4) is 0 Å². The number of amides is 1. The van der Waals surface area contributed by atoms with Crippen LogP contribution < -0.4 is 11.1 Å². The minimum absolute atomic E-state index is 0.140. The lowest BCUT2D eigenvalue weighted by molar-refractivity contribution is -0.138. The maximum atomic E-state index is 12.0. The topological polar surface area (TPSA) is 55.1 Å². The van der Waals surface area contributed by atoms with Gasteiger partial charge < -0.3 is 11.1 Å². The predicted molar refractivity (Wildman–Crippen MR) is 62.4 cm³/mol. The van der Waals surface area contributed by atoms with Crippen LogP contribution in [0.1, 0.15) is 40.5 Å². The second-order valence-electron chi connectivity index (χ2n) is 6.24. The fourth-order valence-corrected chi connectivity index (χ4v) is 2.25.